The molecule has 30 heavy (non-hydrogen) atoms. The van der Waals surface area contributed by atoms with Crippen LogP contribution in [0.5, 0.6) is 5.75 Å². The lowest BCUT2D eigenvalue weighted by Gasteiger charge is -2.30. The number of pyridine rings is 1. The van der Waals surface area contributed by atoms with Gasteiger partial charge in [0.2, 0.25) is 5.91 Å². The third kappa shape index (κ3) is 5.14. The van der Waals surface area contributed by atoms with Gasteiger partial charge in [0.15, 0.2) is 21.4 Å². The Hall–Kier alpha value is -2.98. The van der Waals surface area contributed by atoms with Crippen molar-refractivity contribution in [3.63, 3.8) is 0 Å². The Kier molecular flexibility index (Phi) is 6.68. The van der Waals surface area contributed by atoms with E-state index in [1.54, 1.807) is 17.0 Å². The van der Waals surface area contributed by atoms with Crippen molar-refractivity contribution in [2.24, 2.45) is 11.7 Å². The zero-order valence-electron chi connectivity index (χ0n) is 16.6. The molecule has 160 valence electrons. The summed E-state index contributed by atoms with van der Waals surface area (Å²) in [6, 6.07) is 9.14. The highest BCUT2D eigenvalue weighted by atomic mass is 32.2. The van der Waals surface area contributed by atoms with Gasteiger partial charge >= 0.3 is 0 Å². The molecule has 1 aliphatic heterocycles. The zero-order chi connectivity index (χ0) is 21.7. The third-order valence-corrected chi connectivity index (χ3v) is 6.62. The quantitative estimate of drug-likeness (QED) is 0.673. The minimum atomic E-state index is -3.70. The SMILES string of the molecule is COc1cccnc1NC(=O)c1cccc(S(=O)(=O)CN2CCCC(C(N)=O)C2)c1. The molecule has 2 amide bonds. The minimum absolute atomic E-state index is 0.0318. The number of carbonyl (C=O) groups excluding carboxylic acids is 2. The second-order valence-corrected chi connectivity index (χ2v) is 9.06. The number of amides is 2. The smallest absolute Gasteiger partial charge is 0.256 e. The summed E-state index contributed by atoms with van der Waals surface area (Å²) < 4.78 is 30.9. The minimum Gasteiger partial charge on any atom is -0.493 e. The molecule has 1 unspecified atom stereocenters. The third-order valence-electron chi connectivity index (χ3n) is 4.94. The van der Waals surface area contributed by atoms with Crippen molar-refractivity contribution < 1.29 is 22.7 Å². The molecule has 1 saturated heterocycles. The summed E-state index contributed by atoms with van der Waals surface area (Å²) in [7, 11) is -2.24. The maximum absolute atomic E-state index is 12.9. The molecule has 2 aromatic rings. The van der Waals surface area contributed by atoms with Crippen LogP contribution in [0.1, 0.15) is 23.2 Å². The normalized spacial score (nSPS) is 17.3. The molecule has 3 rings (SSSR count). The lowest BCUT2D eigenvalue weighted by Crippen LogP contribution is -2.43. The number of sulfone groups is 1. The van der Waals surface area contributed by atoms with Crippen molar-refractivity contribution in [3.05, 3.63) is 48.2 Å². The number of piperidine rings is 1. The first-order valence-electron chi connectivity index (χ1n) is 9.45. The number of hydrogen-bond acceptors (Lipinski definition) is 7. The molecule has 3 N–H and O–H groups in total. The zero-order valence-corrected chi connectivity index (χ0v) is 17.4. The van der Waals surface area contributed by atoms with E-state index in [2.05, 4.69) is 10.3 Å². The number of ether oxygens (including phenoxy) is 1. The van der Waals surface area contributed by atoms with Gasteiger partial charge in [-0.2, -0.15) is 0 Å². The van der Waals surface area contributed by atoms with E-state index in [9.17, 15) is 18.0 Å². The molecule has 0 saturated carbocycles. The molecule has 9 nitrogen and oxygen atoms in total. The van der Waals surface area contributed by atoms with Crippen molar-refractivity contribution in [1.82, 2.24) is 9.88 Å². The fourth-order valence-electron chi connectivity index (χ4n) is 3.38. The van der Waals surface area contributed by atoms with Gasteiger partial charge in [0.25, 0.3) is 5.91 Å². The number of primary amides is 1. The van der Waals surface area contributed by atoms with E-state index in [-0.39, 0.29) is 28.1 Å². The largest absolute Gasteiger partial charge is 0.493 e. The van der Waals surface area contributed by atoms with E-state index in [4.69, 9.17) is 10.5 Å². The highest BCUT2D eigenvalue weighted by Gasteiger charge is 2.28. The lowest BCUT2D eigenvalue weighted by atomic mass is 9.98. The molecule has 0 bridgehead atoms. The molecule has 0 spiro atoms. The number of aromatic nitrogens is 1. The average Bonchev–Trinajstić information content (AvgIpc) is 2.74. The van der Waals surface area contributed by atoms with Crippen LogP contribution in [0, 0.1) is 5.92 Å². The molecular weight excluding hydrogens is 408 g/mol. The number of likely N-dealkylation sites (tertiary alicyclic amines) is 1. The maximum Gasteiger partial charge on any atom is 0.256 e. The van der Waals surface area contributed by atoms with E-state index < -0.39 is 21.7 Å². The molecule has 10 heteroatoms. The van der Waals surface area contributed by atoms with E-state index in [0.717, 1.165) is 0 Å². The highest BCUT2D eigenvalue weighted by Crippen LogP contribution is 2.23. The summed E-state index contributed by atoms with van der Waals surface area (Å²) in [5.74, 6) is -0.876. The molecule has 1 aromatic heterocycles. The van der Waals surface area contributed by atoms with E-state index in [1.165, 1.54) is 37.6 Å². The number of anilines is 1. The second kappa shape index (κ2) is 9.23. The summed E-state index contributed by atoms with van der Waals surface area (Å²) >= 11 is 0. The second-order valence-electron chi connectivity index (χ2n) is 7.10. The van der Waals surface area contributed by atoms with Gasteiger partial charge in [-0.25, -0.2) is 13.4 Å². The molecule has 0 aliphatic carbocycles. The number of hydrogen-bond donors (Lipinski definition) is 2. The van der Waals surface area contributed by atoms with Crippen molar-refractivity contribution in [1.29, 1.82) is 0 Å². The van der Waals surface area contributed by atoms with Gasteiger partial charge < -0.3 is 15.8 Å². The fourth-order valence-corrected chi connectivity index (χ4v) is 4.84. The van der Waals surface area contributed by atoms with E-state index in [1.807, 2.05) is 0 Å². The molecule has 2 heterocycles. The summed E-state index contributed by atoms with van der Waals surface area (Å²) in [4.78, 5) is 29.8. The Balaban J connectivity index is 1.75. The van der Waals surface area contributed by atoms with Crippen LogP contribution >= 0.6 is 0 Å². The number of nitrogens with zero attached hydrogens (tertiary/aromatic N) is 2. The van der Waals surface area contributed by atoms with Crippen LogP contribution in [0.4, 0.5) is 5.82 Å². The highest BCUT2D eigenvalue weighted by molar-refractivity contribution is 7.91. The van der Waals surface area contributed by atoms with Gasteiger partial charge in [-0.1, -0.05) is 6.07 Å². The van der Waals surface area contributed by atoms with Crippen molar-refractivity contribution in [2.45, 2.75) is 17.7 Å². The standard InChI is InChI=1S/C20H24N4O5S/c1-29-17-8-3-9-22-19(17)23-20(26)14-5-2-7-16(11-14)30(27,28)13-24-10-4-6-15(12-24)18(21)25/h2-3,5,7-9,11,15H,4,6,10,12-13H2,1H3,(H2,21,25)(H,22,23,26). The van der Waals surface area contributed by atoms with Gasteiger partial charge in [-0.15, -0.1) is 0 Å². The van der Waals surface area contributed by atoms with Crippen LogP contribution < -0.4 is 15.8 Å². The van der Waals surface area contributed by atoms with Crippen LogP contribution in [-0.2, 0) is 14.6 Å². The summed E-state index contributed by atoms with van der Waals surface area (Å²) in [6.45, 7) is 0.886. The first-order chi connectivity index (χ1) is 14.3. The van der Waals surface area contributed by atoms with Crippen LogP contribution in [0.25, 0.3) is 0 Å². The maximum atomic E-state index is 12.9. The predicted octanol–water partition coefficient (Wildman–Crippen LogP) is 1.27. The molecule has 0 radical (unpaired) electrons. The van der Waals surface area contributed by atoms with Gasteiger partial charge in [0.1, 0.15) is 5.88 Å². The number of nitrogens with two attached hydrogens (primary N) is 1. The van der Waals surface area contributed by atoms with Crippen LogP contribution in [0.15, 0.2) is 47.5 Å². The van der Waals surface area contributed by atoms with E-state index in [0.29, 0.717) is 31.7 Å². The first kappa shape index (κ1) is 21.7. The summed E-state index contributed by atoms with van der Waals surface area (Å²) in [6.07, 6.45) is 2.88. The topological polar surface area (TPSA) is 132 Å². The number of methoxy groups -OCH3 is 1. The van der Waals surface area contributed by atoms with Crippen molar-refractivity contribution in [2.75, 3.05) is 31.4 Å². The van der Waals surface area contributed by atoms with Crippen LogP contribution in [-0.4, -0.2) is 56.2 Å². The Morgan fingerprint density at radius 1 is 1.30 bits per heavy atom. The fraction of sp³-hybridized carbons (Fsp3) is 0.350. The van der Waals surface area contributed by atoms with Gasteiger partial charge in [-0.05, 0) is 49.7 Å². The molecule has 1 atom stereocenters. The Bertz CT molecular complexity index is 1040. The Morgan fingerprint density at radius 3 is 2.83 bits per heavy atom. The Labute approximate surface area is 175 Å². The number of carbonyl (C=O) groups is 2. The van der Waals surface area contributed by atoms with Crippen LogP contribution in [0.2, 0.25) is 0 Å². The first-order valence-corrected chi connectivity index (χ1v) is 11.1. The summed E-state index contributed by atoms with van der Waals surface area (Å²) in [5, 5.41) is 2.62. The van der Waals surface area contributed by atoms with Gasteiger partial charge in [0.05, 0.1) is 17.9 Å². The number of benzene rings is 1. The molecule has 1 aliphatic rings. The van der Waals surface area contributed by atoms with Crippen molar-refractivity contribution in [3.8, 4) is 5.75 Å². The summed E-state index contributed by atoms with van der Waals surface area (Å²) in [5.41, 5.74) is 5.55. The van der Waals surface area contributed by atoms with Crippen molar-refractivity contribution >= 4 is 27.5 Å². The van der Waals surface area contributed by atoms with E-state index >= 15 is 0 Å². The molecular formula is C20H24N4O5S. The monoisotopic (exact) mass is 432 g/mol. The molecule has 1 fully saturated rings. The van der Waals surface area contributed by atoms with Crippen LogP contribution in [0.3, 0.4) is 0 Å². The molecule has 1 aromatic carbocycles. The number of nitrogens with one attached hydrogen (secondary N) is 1. The Morgan fingerprint density at radius 2 is 2.10 bits per heavy atom. The number of rotatable bonds is 7. The average molecular weight is 433 g/mol. The predicted molar refractivity (Wildman–Crippen MR) is 111 cm³/mol. The van der Waals surface area contributed by atoms with Gasteiger partial charge in [-0.3, -0.25) is 14.5 Å². The lowest BCUT2D eigenvalue weighted by molar-refractivity contribution is -0.123. The van der Waals surface area contributed by atoms with Gasteiger partial charge in [0, 0.05) is 18.3 Å².